The number of fused-ring (bicyclic) bond motifs is 1. The molecule has 0 spiro atoms. The molecule has 2 unspecified atom stereocenters. The van der Waals surface area contributed by atoms with Gasteiger partial charge in [-0.15, -0.1) is 0 Å². The second kappa shape index (κ2) is 10.1. The quantitative estimate of drug-likeness (QED) is 0.254. The van der Waals surface area contributed by atoms with Crippen LogP contribution in [0, 0.1) is 17.7 Å². The van der Waals surface area contributed by atoms with Crippen molar-refractivity contribution in [2.75, 3.05) is 10.6 Å². The van der Waals surface area contributed by atoms with Gasteiger partial charge in [0.05, 0.1) is 29.4 Å². The molecule has 3 heterocycles. The largest absolute Gasteiger partial charge is 0.416 e. The highest BCUT2D eigenvalue weighted by molar-refractivity contribution is 5.95. The summed E-state index contributed by atoms with van der Waals surface area (Å²) in [6, 6.07) is 6.60. The summed E-state index contributed by atoms with van der Waals surface area (Å²) < 4.78 is 94.6. The van der Waals surface area contributed by atoms with Crippen LogP contribution in [0.25, 0.3) is 22.4 Å². The molecule has 3 aromatic heterocycles. The number of nitrogens with zero attached hydrogens (tertiary/aromatic N) is 4. The lowest BCUT2D eigenvalue weighted by atomic mass is 9.84. The maximum Gasteiger partial charge on any atom is 0.416 e. The Balaban J connectivity index is 1.44. The molecule has 1 aliphatic carbocycles. The van der Waals surface area contributed by atoms with E-state index in [0.29, 0.717) is 22.4 Å². The van der Waals surface area contributed by atoms with E-state index in [-0.39, 0.29) is 29.7 Å². The molecule has 1 aromatic carbocycles. The molecule has 3 N–H and O–H groups in total. The van der Waals surface area contributed by atoms with E-state index in [2.05, 4.69) is 30.2 Å². The first-order valence-corrected chi connectivity index (χ1v) is 11.4. The summed E-state index contributed by atoms with van der Waals surface area (Å²) in [6.45, 7) is 0. The van der Waals surface area contributed by atoms with Gasteiger partial charge in [0.25, 0.3) is 0 Å². The molecule has 0 aliphatic heterocycles. The van der Waals surface area contributed by atoms with Crippen LogP contribution in [-0.2, 0) is 4.79 Å². The predicted octanol–water partition coefficient (Wildman–Crippen LogP) is 6.09. The fraction of sp³-hybridized carbons (Fsp3) is 0.160. The summed E-state index contributed by atoms with van der Waals surface area (Å²) in [5.74, 6) is -7.07. The third kappa shape index (κ3) is 5.34. The third-order valence-corrected chi connectivity index (χ3v) is 6.01. The topological polar surface area (TPSA) is 108 Å². The number of alkyl halides is 6. The Morgan fingerprint density at radius 3 is 2.55 bits per heavy atom. The lowest BCUT2D eigenvalue weighted by Crippen LogP contribution is -2.38. The molecule has 2 atom stereocenters. The van der Waals surface area contributed by atoms with Crippen LogP contribution in [0.15, 0.2) is 73.0 Å². The second-order valence-electron chi connectivity index (χ2n) is 8.60. The van der Waals surface area contributed by atoms with Crippen molar-refractivity contribution in [1.29, 1.82) is 0 Å². The Morgan fingerprint density at radius 1 is 1.00 bits per heavy atom. The number of imidazole rings is 1. The highest BCUT2D eigenvalue weighted by Gasteiger charge is 2.48. The molecule has 0 radical (unpaired) electrons. The number of hydrogen-bond donors (Lipinski definition) is 3. The van der Waals surface area contributed by atoms with Gasteiger partial charge in [-0.05, 0) is 30.3 Å². The molecule has 4 aromatic rings. The van der Waals surface area contributed by atoms with Gasteiger partial charge in [0.1, 0.15) is 29.2 Å². The summed E-state index contributed by atoms with van der Waals surface area (Å²) in [4.78, 5) is 32.4. The number of amides is 1. The van der Waals surface area contributed by atoms with Crippen molar-refractivity contribution < 1.29 is 35.5 Å². The van der Waals surface area contributed by atoms with E-state index in [1.165, 1.54) is 24.9 Å². The Hall–Kier alpha value is -4.82. The minimum Gasteiger partial charge on any atom is -0.341 e. The smallest absolute Gasteiger partial charge is 0.341 e. The van der Waals surface area contributed by atoms with Crippen LogP contribution in [0.2, 0.25) is 0 Å². The van der Waals surface area contributed by atoms with Crippen LogP contribution >= 0.6 is 0 Å². The minimum absolute atomic E-state index is 0.161. The molecule has 0 saturated heterocycles. The average Bonchev–Trinajstić information content (AvgIpc) is 3.39. The number of allylic oxidation sites excluding steroid dienone is 3. The van der Waals surface area contributed by atoms with E-state index >= 15 is 0 Å². The molecule has 40 heavy (non-hydrogen) atoms. The maximum atomic E-state index is 14.6. The normalized spacial score (nSPS) is 17.5. The predicted molar refractivity (Wildman–Crippen MR) is 130 cm³/mol. The zero-order valence-electron chi connectivity index (χ0n) is 19.8. The van der Waals surface area contributed by atoms with Crippen LogP contribution in [0.5, 0.6) is 0 Å². The fourth-order valence-corrected chi connectivity index (χ4v) is 4.14. The zero-order chi connectivity index (χ0) is 28.7. The number of aromatic nitrogens is 5. The highest BCUT2D eigenvalue weighted by Crippen LogP contribution is 2.41. The van der Waals surface area contributed by atoms with E-state index in [0.717, 1.165) is 12.1 Å². The average molecular weight is 563 g/mol. The van der Waals surface area contributed by atoms with E-state index in [9.17, 15) is 35.5 Å². The van der Waals surface area contributed by atoms with Crippen LogP contribution in [0.4, 0.5) is 47.9 Å². The van der Waals surface area contributed by atoms with Gasteiger partial charge in [-0.3, -0.25) is 4.79 Å². The van der Waals surface area contributed by atoms with Gasteiger partial charge in [-0.2, -0.15) is 26.3 Å². The van der Waals surface area contributed by atoms with Crippen LogP contribution in [-0.4, -0.2) is 43.2 Å². The number of anilines is 3. The van der Waals surface area contributed by atoms with Crippen molar-refractivity contribution >= 4 is 34.3 Å². The Kier molecular flexibility index (Phi) is 6.73. The van der Waals surface area contributed by atoms with Crippen molar-refractivity contribution in [1.82, 2.24) is 24.9 Å². The standard InChI is InChI=1S/C25H16F7N7O/c26-17-6-4-13(38-21-14(2-1-7-33-21)19-20-22(36-10-34-19)37-11-35-20)9-18(17)39-23(40)15-8-12(24(27,28)29)3-5-16(15)25(30,31)32/h1-11,15-16H,(H,33,38)(H,39,40)(H,34,35,36,37). The molecule has 8 nitrogen and oxygen atoms in total. The van der Waals surface area contributed by atoms with E-state index in [1.54, 1.807) is 12.1 Å². The maximum absolute atomic E-state index is 14.6. The summed E-state index contributed by atoms with van der Waals surface area (Å²) in [6.07, 6.45) is -5.09. The molecule has 0 bridgehead atoms. The number of H-pyrrole nitrogens is 1. The van der Waals surface area contributed by atoms with Crippen molar-refractivity contribution in [3.63, 3.8) is 0 Å². The van der Waals surface area contributed by atoms with Gasteiger partial charge in [-0.25, -0.2) is 24.3 Å². The first-order chi connectivity index (χ1) is 18.9. The Bertz CT molecular complexity index is 1640. The van der Waals surface area contributed by atoms with Gasteiger partial charge >= 0.3 is 12.4 Å². The number of pyridine rings is 1. The fourth-order valence-electron chi connectivity index (χ4n) is 4.14. The molecule has 1 aliphatic rings. The van der Waals surface area contributed by atoms with Crippen molar-refractivity contribution in [2.45, 2.75) is 12.4 Å². The molecular weight excluding hydrogens is 547 g/mol. The van der Waals surface area contributed by atoms with E-state index < -0.39 is 47.2 Å². The van der Waals surface area contributed by atoms with Gasteiger partial charge in [0.2, 0.25) is 5.91 Å². The van der Waals surface area contributed by atoms with Crippen LogP contribution < -0.4 is 10.6 Å². The van der Waals surface area contributed by atoms with Gasteiger partial charge in [-0.1, -0.05) is 18.2 Å². The molecule has 206 valence electrons. The Labute approximate surface area is 220 Å². The van der Waals surface area contributed by atoms with Crippen molar-refractivity contribution in [3.8, 4) is 11.3 Å². The van der Waals surface area contributed by atoms with Gasteiger partial charge in [0, 0.05) is 17.4 Å². The zero-order valence-corrected chi connectivity index (χ0v) is 19.8. The number of benzene rings is 1. The number of carbonyl (C=O) groups excluding carboxylic acids is 1. The molecule has 0 fully saturated rings. The summed E-state index contributed by atoms with van der Waals surface area (Å²) in [7, 11) is 0. The lowest BCUT2D eigenvalue weighted by molar-refractivity contribution is -0.174. The Morgan fingerprint density at radius 2 is 1.80 bits per heavy atom. The number of carbonyl (C=O) groups is 1. The highest BCUT2D eigenvalue weighted by atomic mass is 19.4. The molecule has 15 heteroatoms. The number of rotatable bonds is 5. The first kappa shape index (κ1) is 26.8. The minimum atomic E-state index is -5.02. The van der Waals surface area contributed by atoms with Crippen LogP contribution in [0.3, 0.4) is 0 Å². The van der Waals surface area contributed by atoms with Gasteiger partial charge < -0.3 is 15.6 Å². The first-order valence-electron chi connectivity index (χ1n) is 11.4. The second-order valence-corrected chi connectivity index (χ2v) is 8.60. The monoisotopic (exact) mass is 563 g/mol. The lowest BCUT2D eigenvalue weighted by Gasteiger charge is -2.28. The summed E-state index contributed by atoms with van der Waals surface area (Å²) in [5.41, 5.74) is 0.0202. The van der Waals surface area contributed by atoms with Crippen LogP contribution in [0.1, 0.15) is 0 Å². The summed E-state index contributed by atoms with van der Waals surface area (Å²) >= 11 is 0. The molecule has 0 saturated carbocycles. The summed E-state index contributed by atoms with van der Waals surface area (Å²) in [5, 5.41) is 4.93. The number of aromatic amines is 1. The third-order valence-electron chi connectivity index (χ3n) is 6.01. The molecule has 1 amide bonds. The van der Waals surface area contributed by atoms with E-state index in [4.69, 9.17) is 0 Å². The number of halogens is 7. The number of hydrogen-bond acceptors (Lipinski definition) is 6. The van der Waals surface area contributed by atoms with E-state index in [1.807, 2.05) is 5.32 Å². The number of nitrogens with one attached hydrogen (secondary N) is 3. The van der Waals surface area contributed by atoms with Crippen molar-refractivity contribution in [2.24, 2.45) is 11.8 Å². The SMILES string of the molecule is O=C(Nc1cc(Nc2ncccc2-c2ncnc3nc[nH]c23)ccc1F)C1C=C(C(F)(F)F)C=CC1C(F)(F)F. The van der Waals surface area contributed by atoms with Gasteiger partial charge in [0.15, 0.2) is 5.65 Å². The molecule has 5 rings (SSSR count). The van der Waals surface area contributed by atoms with Crippen molar-refractivity contribution in [3.05, 3.63) is 78.8 Å². The molecular formula is C25H16F7N7O.